The lowest BCUT2D eigenvalue weighted by molar-refractivity contribution is 0.0930. The van der Waals surface area contributed by atoms with Crippen LogP contribution in [0.1, 0.15) is 47.3 Å². The third-order valence-corrected chi connectivity index (χ3v) is 4.15. The zero-order chi connectivity index (χ0) is 13.7. The maximum Gasteiger partial charge on any atom is 0.255 e. The van der Waals surface area contributed by atoms with Crippen molar-refractivity contribution in [3.05, 3.63) is 53.5 Å². The molecule has 1 aliphatic carbocycles. The van der Waals surface area contributed by atoms with Gasteiger partial charge < -0.3 is 15.1 Å². The van der Waals surface area contributed by atoms with Gasteiger partial charge in [-0.05, 0) is 36.6 Å². The molecule has 0 unspecified atom stereocenters. The zero-order valence-electron chi connectivity index (χ0n) is 11.2. The molecular formula is C16H16N2O2. The molecule has 1 aromatic carbocycles. The number of amides is 1. The van der Waals surface area contributed by atoms with E-state index >= 15 is 0 Å². The van der Waals surface area contributed by atoms with Crippen LogP contribution in [0, 0.1) is 5.92 Å². The summed E-state index contributed by atoms with van der Waals surface area (Å²) in [4.78, 5) is 12.1. The molecule has 0 radical (unpaired) electrons. The summed E-state index contributed by atoms with van der Waals surface area (Å²) in [6, 6.07) is 11.5. The van der Waals surface area contributed by atoms with Crippen molar-refractivity contribution in [3.63, 3.8) is 0 Å². The van der Waals surface area contributed by atoms with Crippen LogP contribution in [0.4, 0.5) is 5.69 Å². The third-order valence-electron chi connectivity index (χ3n) is 4.15. The normalized spacial score (nSPS) is 27.4. The maximum absolute atomic E-state index is 12.1. The van der Waals surface area contributed by atoms with Gasteiger partial charge in [-0.15, -0.1) is 0 Å². The highest BCUT2D eigenvalue weighted by atomic mass is 16.3. The number of benzene rings is 1. The van der Waals surface area contributed by atoms with Crippen molar-refractivity contribution in [1.29, 1.82) is 0 Å². The number of rotatable bonds is 2. The van der Waals surface area contributed by atoms with Gasteiger partial charge in [0, 0.05) is 11.6 Å². The Hall–Kier alpha value is -2.23. The molecule has 2 aromatic rings. The molecule has 0 bridgehead atoms. The van der Waals surface area contributed by atoms with Crippen LogP contribution in [0.5, 0.6) is 0 Å². The molecule has 1 saturated carbocycles. The molecule has 3 atom stereocenters. The molecular weight excluding hydrogens is 252 g/mol. The number of nitrogens with one attached hydrogen (secondary N) is 2. The Labute approximate surface area is 117 Å². The minimum Gasteiger partial charge on any atom is -0.462 e. The second-order valence-electron chi connectivity index (χ2n) is 5.66. The van der Waals surface area contributed by atoms with E-state index in [0.29, 0.717) is 17.4 Å². The Morgan fingerprint density at radius 3 is 2.65 bits per heavy atom. The van der Waals surface area contributed by atoms with Gasteiger partial charge in [0.25, 0.3) is 5.91 Å². The van der Waals surface area contributed by atoms with E-state index < -0.39 is 0 Å². The standard InChI is InChI=1S/C16H16N2O2/c1-9-8-11(9)13-6-7-14(20-13)15-17-12-5-3-2-4-10(12)16(19)18-15/h2-7,9,11,15,17H,8H2,1H3,(H,18,19)/t9-,11+,15-/m1/s1. The van der Waals surface area contributed by atoms with Gasteiger partial charge in [0.2, 0.25) is 0 Å². The van der Waals surface area contributed by atoms with Crippen LogP contribution in [0.2, 0.25) is 0 Å². The summed E-state index contributed by atoms with van der Waals surface area (Å²) in [5.41, 5.74) is 1.52. The first-order chi connectivity index (χ1) is 9.72. The Morgan fingerprint density at radius 2 is 1.85 bits per heavy atom. The van der Waals surface area contributed by atoms with Crippen molar-refractivity contribution in [2.24, 2.45) is 5.92 Å². The topological polar surface area (TPSA) is 54.3 Å². The smallest absolute Gasteiger partial charge is 0.255 e. The van der Waals surface area contributed by atoms with Crippen LogP contribution in [0.15, 0.2) is 40.8 Å². The molecule has 1 fully saturated rings. The zero-order valence-corrected chi connectivity index (χ0v) is 11.2. The van der Waals surface area contributed by atoms with E-state index in [1.807, 2.05) is 36.4 Å². The largest absolute Gasteiger partial charge is 0.462 e. The summed E-state index contributed by atoms with van der Waals surface area (Å²) in [6.45, 7) is 2.23. The van der Waals surface area contributed by atoms with Crippen LogP contribution in [-0.4, -0.2) is 5.91 Å². The Kier molecular flexibility index (Phi) is 2.39. The Balaban J connectivity index is 1.61. The molecule has 2 heterocycles. The SMILES string of the molecule is C[C@@H]1C[C@@H]1c1ccc([C@H]2NC(=O)c3ccccc3N2)o1. The fraction of sp³-hybridized carbons (Fsp3) is 0.312. The predicted octanol–water partition coefficient (Wildman–Crippen LogP) is 3.26. The van der Waals surface area contributed by atoms with E-state index in [1.165, 1.54) is 6.42 Å². The molecule has 1 amide bonds. The summed E-state index contributed by atoms with van der Waals surface area (Å²) in [5, 5.41) is 6.23. The number of anilines is 1. The number of fused-ring (bicyclic) bond motifs is 1. The molecule has 20 heavy (non-hydrogen) atoms. The Bertz CT molecular complexity index is 677. The lowest BCUT2D eigenvalue weighted by Crippen LogP contribution is -2.38. The second kappa shape index (κ2) is 4.13. The number of para-hydroxylation sites is 1. The monoisotopic (exact) mass is 268 g/mol. The number of hydrogen-bond donors (Lipinski definition) is 2. The number of furan rings is 1. The van der Waals surface area contributed by atoms with E-state index in [2.05, 4.69) is 17.6 Å². The molecule has 1 aliphatic heterocycles. The second-order valence-corrected chi connectivity index (χ2v) is 5.66. The highest BCUT2D eigenvalue weighted by Gasteiger charge is 2.37. The van der Waals surface area contributed by atoms with Gasteiger partial charge in [-0.3, -0.25) is 4.79 Å². The maximum atomic E-state index is 12.1. The van der Waals surface area contributed by atoms with Crippen molar-refractivity contribution >= 4 is 11.6 Å². The molecule has 1 aromatic heterocycles. The van der Waals surface area contributed by atoms with Gasteiger partial charge >= 0.3 is 0 Å². The van der Waals surface area contributed by atoms with Crippen LogP contribution in [-0.2, 0) is 0 Å². The van der Waals surface area contributed by atoms with Gasteiger partial charge in [-0.25, -0.2) is 0 Å². The van der Waals surface area contributed by atoms with E-state index in [1.54, 1.807) is 0 Å². The minimum absolute atomic E-state index is 0.0675. The quantitative estimate of drug-likeness (QED) is 0.879. The summed E-state index contributed by atoms with van der Waals surface area (Å²) in [7, 11) is 0. The van der Waals surface area contributed by atoms with E-state index in [0.717, 1.165) is 17.2 Å². The number of carbonyl (C=O) groups excluding carboxylic acids is 1. The summed E-state index contributed by atoms with van der Waals surface area (Å²) in [6.07, 6.45) is 0.903. The molecule has 0 saturated heterocycles. The first kappa shape index (κ1) is 11.6. The molecule has 4 heteroatoms. The third kappa shape index (κ3) is 1.80. The number of hydrogen-bond acceptors (Lipinski definition) is 3. The predicted molar refractivity (Wildman–Crippen MR) is 75.5 cm³/mol. The van der Waals surface area contributed by atoms with E-state index in [9.17, 15) is 4.79 Å². The average Bonchev–Trinajstić information content (AvgIpc) is 3.00. The van der Waals surface area contributed by atoms with Crippen LogP contribution in [0.25, 0.3) is 0 Å². The summed E-state index contributed by atoms with van der Waals surface area (Å²) >= 11 is 0. The van der Waals surface area contributed by atoms with Crippen molar-refractivity contribution in [3.8, 4) is 0 Å². The first-order valence-electron chi connectivity index (χ1n) is 6.98. The fourth-order valence-corrected chi connectivity index (χ4v) is 2.79. The average molecular weight is 268 g/mol. The van der Waals surface area contributed by atoms with Crippen molar-refractivity contribution in [2.75, 3.05) is 5.32 Å². The minimum atomic E-state index is -0.291. The molecule has 102 valence electrons. The first-order valence-corrected chi connectivity index (χ1v) is 6.98. The molecule has 4 rings (SSSR count). The summed E-state index contributed by atoms with van der Waals surface area (Å²) < 4.78 is 5.90. The summed E-state index contributed by atoms with van der Waals surface area (Å²) in [5.74, 6) is 2.99. The number of carbonyl (C=O) groups is 1. The molecule has 2 aliphatic rings. The van der Waals surface area contributed by atoms with Crippen molar-refractivity contribution < 1.29 is 9.21 Å². The van der Waals surface area contributed by atoms with Gasteiger partial charge in [0.05, 0.1) is 5.56 Å². The van der Waals surface area contributed by atoms with Crippen LogP contribution >= 0.6 is 0 Å². The fourth-order valence-electron chi connectivity index (χ4n) is 2.79. The van der Waals surface area contributed by atoms with Gasteiger partial charge in [-0.1, -0.05) is 19.1 Å². The molecule has 0 spiro atoms. The lowest BCUT2D eigenvalue weighted by Gasteiger charge is -2.26. The molecule has 4 nitrogen and oxygen atoms in total. The highest BCUT2D eigenvalue weighted by Crippen LogP contribution is 2.47. The van der Waals surface area contributed by atoms with Crippen LogP contribution < -0.4 is 10.6 Å². The molecule has 2 N–H and O–H groups in total. The van der Waals surface area contributed by atoms with E-state index in [4.69, 9.17) is 4.42 Å². The van der Waals surface area contributed by atoms with Crippen molar-refractivity contribution in [1.82, 2.24) is 5.32 Å². The van der Waals surface area contributed by atoms with Gasteiger partial charge in [-0.2, -0.15) is 0 Å². The lowest BCUT2D eigenvalue weighted by atomic mass is 10.1. The van der Waals surface area contributed by atoms with Crippen molar-refractivity contribution in [2.45, 2.75) is 25.4 Å². The Morgan fingerprint density at radius 1 is 1.10 bits per heavy atom. The van der Waals surface area contributed by atoms with E-state index in [-0.39, 0.29) is 12.1 Å². The van der Waals surface area contributed by atoms with Gasteiger partial charge in [0.15, 0.2) is 6.17 Å². The van der Waals surface area contributed by atoms with Gasteiger partial charge in [0.1, 0.15) is 11.5 Å². The highest BCUT2D eigenvalue weighted by molar-refractivity contribution is 6.01. The van der Waals surface area contributed by atoms with Crippen LogP contribution in [0.3, 0.4) is 0 Å².